The van der Waals surface area contributed by atoms with Gasteiger partial charge in [0.1, 0.15) is 0 Å². The lowest BCUT2D eigenvalue weighted by atomic mass is 9.84. The molecule has 0 spiro atoms. The maximum absolute atomic E-state index is 8.91. The van der Waals surface area contributed by atoms with Crippen LogP contribution in [0.15, 0.2) is 0 Å². The van der Waals surface area contributed by atoms with Crippen LogP contribution in [0.5, 0.6) is 0 Å². The second-order valence-corrected chi connectivity index (χ2v) is 4.33. The van der Waals surface area contributed by atoms with Crippen LogP contribution in [0.4, 0.5) is 0 Å². The van der Waals surface area contributed by atoms with Crippen molar-refractivity contribution in [3.63, 3.8) is 0 Å². The summed E-state index contributed by atoms with van der Waals surface area (Å²) in [5.74, 6) is 0.264. The number of rotatable bonds is 4. The summed E-state index contributed by atoms with van der Waals surface area (Å²) >= 11 is 0. The molecule has 0 heterocycles. The molecule has 2 heteroatoms. The van der Waals surface area contributed by atoms with Gasteiger partial charge < -0.3 is 10.2 Å². The van der Waals surface area contributed by atoms with E-state index in [4.69, 9.17) is 10.2 Å². The first-order valence-corrected chi connectivity index (χ1v) is 4.21. The van der Waals surface area contributed by atoms with Crippen LogP contribution in [0.3, 0.4) is 0 Å². The van der Waals surface area contributed by atoms with E-state index >= 15 is 0 Å². The SMILES string of the molecule is CC(C)(C)CC(CO)CCO. The minimum Gasteiger partial charge on any atom is -0.396 e. The van der Waals surface area contributed by atoms with E-state index in [0.717, 1.165) is 6.42 Å². The summed E-state index contributed by atoms with van der Waals surface area (Å²) in [5, 5.41) is 17.6. The molecule has 0 rings (SSSR count). The molecular formula is C9H20O2. The van der Waals surface area contributed by atoms with Crippen LogP contribution in [0.25, 0.3) is 0 Å². The summed E-state index contributed by atoms with van der Waals surface area (Å²) in [5.41, 5.74) is 0.253. The second-order valence-electron chi connectivity index (χ2n) is 4.33. The van der Waals surface area contributed by atoms with Gasteiger partial charge in [0.2, 0.25) is 0 Å². The molecule has 2 N–H and O–H groups in total. The summed E-state index contributed by atoms with van der Waals surface area (Å²) in [4.78, 5) is 0. The van der Waals surface area contributed by atoms with E-state index in [0.29, 0.717) is 6.42 Å². The average molecular weight is 160 g/mol. The first kappa shape index (κ1) is 10.9. The molecule has 0 aliphatic rings. The highest BCUT2D eigenvalue weighted by atomic mass is 16.3. The molecule has 0 bridgehead atoms. The van der Waals surface area contributed by atoms with Crippen LogP contribution in [0, 0.1) is 11.3 Å². The van der Waals surface area contributed by atoms with Crippen LogP contribution in [0.1, 0.15) is 33.6 Å². The predicted octanol–water partition coefficient (Wildman–Crippen LogP) is 1.41. The van der Waals surface area contributed by atoms with E-state index in [1.807, 2.05) is 0 Å². The summed E-state index contributed by atoms with van der Waals surface area (Å²) in [6.07, 6.45) is 1.69. The Morgan fingerprint density at radius 2 is 1.73 bits per heavy atom. The summed E-state index contributed by atoms with van der Waals surface area (Å²) < 4.78 is 0. The van der Waals surface area contributed by atoms with Gasteiger partial charge in [-0.25, -0.2) is 0 Å². The lowest BCUT2D eigenvalue weighted by Gasteiger charge is -2.23. The Bertz CT molecular complexity index is 94.2. The van der Waals surface area contributed by atoms with E-state index in [-0.39, 0.29) is 24.5 Å². The van der Waals surface area contributed by atoms with E-state index in [1.165, 1.54) is 0 Å². The monoisotopic (exact) mass is 160 g/mol. The number of aliphatic hydroxyl groups excluding tert-OH is 2. The largest absolute Gasteiger partial charge is 0.396 e. The van der Waals surface area contributed by atoms with Crippen molar-refractivity contribution in [2.24, 2.45) is 11.3 Å². The van der Waals surface area contributed by atoms with E-state index in [2.05, 4.69) is 20.8 Å². The zero-order valence-corrected chi connectivity index (χ0v) is 7.80. The highest BCUT2D eigenvalue weighted by molar-refractivity contribution is 4.68. The number of hydrogen-bond acceptors (Lipinski definition) is 2. The lowest BCUT2D eigenvalue weighted by Crippen LogP contribution is -2.17. The molecule has 0 aromatic heterocycles. The van der Waals surface area contributed by atoms with Gasteiger partial charge in [-0.15, -0.1) is 0 Å². The number of hydrogen-bond donors (Lipinski definition) is 2. The zero-order chi connectivity index (χ0) is 8.91. The molecule has 0 aromatic rings. The molecule has 0 amide bonds. The fourth-order valence-electron chi connectivity index (χ4n) is 1.31. The molecule has 0 aromatic carbocycles. The van der Waals surface area contributed by atoms with Gasteiger partial charge in [0, 0.05) is 13.2 Å². The summed E-state index contributed by atoms with van der Waals surface area (Å²) in [6.45, 7) is 6.81. The highest BCUT2D eigenvalue weighted by Gasteiger charge is 2.17. The maximum atomic E-state index is 8.91. The first-order chi connectivity index (χ1) is 4.99. The number of aliphatic hydroxyl groups is 2. The normalized spacial score (nSPS) is 15.0. The van der Waals surface area contributed by atoms with Gasteiger partial charge in [0.25, 0.3) is 0 Å². The minimum atomic E-state index is 0.182. The Balaban J connectivity index is 3.68. The Hall–Kier alpha value is -0.0800. The van der Waals surface area contributed by atoms with Crippen molar-refractivity contribution in [3.8, 4) is 0 Å². The maximum Gasteiger partial charge on any atom is 0.0460 e. The van der Waals surface area contributed by atoms with Crippen molar-refractivity contribution < 1.29 is 10.2 Å². The van der Waals surface area contributed by atoms with Crippen LogP contribution in [-0.4, -0.2) is 23.4 Å². The van der Waals surface area contributed by atoms with Gasteiger partial charge >= 0.3 is 0 Å². The predicted molar refractivity (Wildman–Crippen MR) is 46.4 cm³/mol. The van der Waals surface area contributed by atoms with Crippen LogP contribution in [-0.2, 0) is 0 Å². The van der Waals surface area contributed by atoms with Crippen LogP contribution in [0.2, 0.25) is 0 Å². The third kappa shape index (κ3) is 6.32. The first-order valence-electron chi connectivity index (χ1n) is 4.21. The Morgan fingerprint density at radius 3 is 2.00 bits per heavy atom. The molecule has 0 aliphatic heterocycles. The zero-order valence-electron chi connectivity index (χ0n) is 7.80. The quantitative estimate of drug-likeness (QED) is 0.653. The molecule has 0 radical (unpaired) electrons. The third-order valence-electron chi connectivity index (χ3n) is 1.70. The average Bonchev–Trinajstić information content (AvgIpc) is 1.84. The second kappa shape index (κ2) is 4.73. The standard InChI is InChI=1S/C9H20O2/c1-9(2,3)6-8(7-11)4-5-10/h8,10-11H,4-7H2,1-3H3. The Labute approximate surface area is 69.2 Å². The molecular weight excluding hydrogens is 140 g/mol. The van der Waals surface area contributed by atoms with E-state index in [9.17, 15) is 0 Å². The van der Waals surface area contributed by atoms with Gasteiger partial charge in [-0.05, 0) is 24.2 Å². The molecule has 0 saturated heterocycles. The van der Waals surface area contributed by atoms with Crippen LogP contribution < -0.4 is 0 Å². The topological polar surface area (TPSA) is 40.5 Å². The fraction of sp³-hybridized carbons (Fsp3) is 1.00. The molecule has 2 nitrogen and oxygen atoms in total. The van der Waals surface area contributed by atoms with Crippen molar-refractivity contribution in [2.75, 3.05) is 13.2 Å². The van der Waals surface area contributed by atoms with Crippen LogP contribution >= 0.6 is 0 Å². The van der Waals surface area contributed by atoms with Crippen molar-refractivity contribution in [1.82, 2.24) is 0 Å². The van der Waals surface area contributed by atoms with Crippen molar-refractivity contribution >= 4 is 0 Å². The molecule has 1 unspecified atom stereocenters. The molecule has 0 saturated carbocycles. The van der Waals surface area contributed by atoms with Gasteiger partial charge in [0.05, 0.1) is 0 Å². The third-order valence-corrected chi connectivity index (χ3v) is 1.70. The molecule has 68 valence electrons. The van der Waals surface area contributed by atoms with Gasteiger partial charge in [-0.1, -0.05) is 20.8 Å². The van der Waals surface area contributed by atoms with Gasteiger partial charge in [0.15, 0.2) is 0 Å². The Morgan fingerprint density at radius 1 is 1.18 bits per heavy atom. The fourth-order valence-corrected chi connectivity index (χ4v) is 1.31. The lowest BCUT2D eigenvalue weighted by molar-refractivity contribution is 0.146. The van der Waals surface area contributed by atoms with Gasteiger partial charge in [-0.3, -0.25) is 0 Å². The van der Waals surface area contributed by atoms with Crippen molar-refractivity contribution in [1.29, 1.82) is 0 Å². The Kier molecular flexibility index (Phi) is 4.69. The molecule has 11 heavy (non-hydrogen) atoms. The molecule has 0 fully saturated rings. The summed E-state index contributed by atoms with van der Waals surface area (Å²) in [6, 6.07) is 0. The van der Waals surface area contributed by atoms with Crippen molar-refractivity contribution in [2.45, 2.75) is 33.6 Å². The summed E-state index contributed by atoms with van der Waals surface area (Å²) in [7, 11) is 0. The van der Waals surface area contributed by atoms with Crippen molar-refractivity contribution in [3.05, 3.63) is 0 Å². The minimum absolute atomic E-state index is 0.182. The molecule has 0 aliphatic carbocycles. The highest BCUT2D eigenvalue weighted by Crippen LogP contribution is 2.25. The van der Waals surface area contributed by atoms with Gasteiger partial charge in [-0.2, -0.15) is 0 Å². The molecule has 1 atom stereocenters. The van der Waals surface area contributed by atoms with E-state index < -0.39 is 0 Å². The smallest absolute Gasteiger partial charge is 0.0460 e. The van der Waals surface area contributed by atoms with E-state index in [1.54, 1.807) is 0 Å².